The molecule has 0 amide bonds. The van der Waals surface area contributed by atoms with E-state index in [-0.39, 0.29) is 22.4 Å². The summed E-state index contributed by atoms with van der Waals surface area (Å²) < 4.78 is 0. The normalized spacial score (nSPS) is 13.7. The summed E-state index contributed by atoms with van der Waals surface area (Å²) in [7, 11) is 0.380. The van der Waals surface area contributed by atoms with E-state index in [1.54, 1.807) is 0 Å². The predicted octanol–water partition coefficient (Wildman–Crippen LogP) is 3.73. The van der Waals surface area contributed by atoms with E-state index >= 15 is 0 Å². The van der Waals surface area contributed by atoms with Gasteiger partial charge in [0.15, 0.2) is 0 Å². The average Bonchev–Trinajstić information content (AvgIpc) is 1.14. The van der Waals surface area contributed by atoms with Gasteiger partial charge < -0.3 is 0 Å². The quantitative estimate of drug-likeness (QED) is 0.331. The molecule has 0 spiro atoms. The van der Waals surface area contributed by atoms with E-state index in [4.69, 9.17) is 11.2 Å². The summed E-state index contributed by atoms with van der Waals surface area (Å²) in [6.07, 6.45) is 0. The fraction of sp³-hybridized carbons (Fsp3) is 0.857. The third kappa shape index (κ3) is 326. The Morgan fingerprint density at radius 1 is 1.09 bits per heavy atom. The van der Waals surface area contributed by atoms with Crippen LogP contribution in [-0.4, -0.2) is 40.0 Å². The zero-order valence-corrected chi connectivity index (χ0v) is 13.0. The Balaban J connectivity index is -0.000000114. The van der Waals surface area contributed by atoms with E-state index < -0.39 is 5.96 Å². The molecule has 4 heteroatoms. The van der Waals surface area contributed by atoms with Gasteiger partial charge in [0.25, 0.3) is 0 Å². The van der Waals surface area contributed by atoms with Crippen LogP contribution in [-0.2, 0) is 22.4 Å². The molecule has 0 heterocycles. The molecule has 0 aromatic carbocycles. The molecule has 0 bridgehead atoms. The number of hydrogen-bond donors (Lipinski definition) is 0. The van der Waals surface area contributed by atoms with Gasteiger partial charge in [-0.15, -0.1) is 7.92 Å². The molecule has 0 radical (unpaired) electrons. The molecule has 0 fully saturated rings. The molecule has 0 rings (SSSR count). The van der Waals surface area contributed by atoms with Crippen LogP contribution in [0.1, 0.15) is 0 Å². The van der Waals surface area contributed by atoms with Crippen molar-refractivity contribution in [3.8, 4) is 0 Å². The van der Waals surface area contributed by atoms with Gasteiger partial charge in [0.05, 0.1) is 0 Å². The second-order valence-electron chi connectivity index (χ2n) is 4.26. The minimum absolute atomic E-state index is 0. The second-order valence-corrected chi connectivity index (χ2v) is 16.5. The summed E-state index contributed by atoms with van der Waals surface area (Å²) in [6, 6.07) is 0. The third-order valence-electron chi connectivity index (χ3n) is 0. The summed E-state index contributed by atoms with van der Waals surface area (Å²) in [5.41, 5.74) is 0. The Bertz CT molecular complexity index is 74.6. The summed E-state index contributed by atoms with van der Waals surface area (Å²) in [5, 5.41) is 0. The zero-order chi connectivity index (χ0) is 9.02. The van der Waals surface area contributed by atoms with Crippen molar-refractivity contribution in [1.82, 2.24) is 0 Å². The first-order valence-electron chi connectivity index (χ1n) is 3.17. The van der Waals surface area contributed by atoms with Crippen LogP contribution in [0.5, 0.6) is 0 Å². The first-order valence-corrected chi connectivity index (χ1v) is 10.5. The van der Waals surface area contributed by atoms with Crippen molar-refractivity contribution < 1.29 is 22.4 Å². The van der Waals surface area contributed by atoms with Gasteiger partial charge in [-0.1, -0.05) is 0 Å². The molecule has 0 aliphatic rings. The number of hydrogen-bond acceptors (Lipinski definition) is 0. The Morgan fingerprint density at radius 2 is 1.09 bits per heavy atom. The number of rotatable bonds is 0. The van der Waals surface area contributed by atoms with Crippen LogP contribution in [0.15, 0.2) is 0 Å². The van der Waals surface area contributed by atoms with Crippen LogP contribution < -0.4 is 0 Å². The fourth-order valence-corrected chi connectivity index (χ4v) is 0. The molecule has 11 heavy (non-hydrogen) atoms. The Labute approximate surface area is 93.8 Å². The van der Waals surface area contributed by atoms with Crippen molar-refractivity contribution in [2.75, 3.05) is 40.0 Å². The van der Waals surface area contributed by atoms with Crippen LogP contribution in [0.25, 0.3) is 0 Å². The first kappa shape index (κ1) is 18.6. The predicted molar refractivity (Wildman–Crippen MR) is 60.6 cm³/mol. The van der Waals surface area contributed by atoms with Gasteiger partial charge in [0.1, 0.15) is 0 Å². The fourth-order valence-electron chi connectivity index (χ4n) is 0. The van der Waals surface area contributed by atoms with Crippen molar-refractivity contribution in [1.29, 1.82) is 0 Å². The van der Waals surface area contributed by atoms with E-state index in [9.17, 15) is 0 Å². The molecule has 0 unspecified atom stereocenters. The SMILES string of the molecule is CP(C)C.[Au+].[CH2-]P(C)(C)(C)Cl. The minimum atomic E-state index is -1.83. The molecular weight excluding hydrogens is 378 g/mol. The second kappa shape index (κ2) is 6.36. The molecular formula is C7H20AuClP2. The third-order valence-corrected chi connectivity index (χ3v) is 0. The van der Waals surface area contributed by atoms with Crippen molar-refractivity contribution >= 4 is 25.1 Å². The van der Waals surface area contributed by atoms with Crippen LogP contribution >= 0.6 is 25.1 Å². The summed E-state index contributed by atoms with van der Waals surface area (Å²) in [5.74, 6) is -1.83. The molecule has 0 saturated heterocycles. The van der Waals surface area contributed by atoms with Crippen LogP contribution in [0, 0.1) is 6.66 Å². The number of halogens is 1. The molecule has 0 aromatic rings. The zero-order valence-electron chi connectivity index (χ0n) is 8.28. The van der Waals surface area contributed by atoms with Crippen molar-refractivity contribution in [3.05, 3.63) is 6.66 Å². The Morgan fingerprint density at radius 3 is 1.09 bits per heavy atom. The van der Waals surface area contributed by atoms with Gasteiger partial charge in [-0.05, 0) is 20.0 Å². The first-order chi connectivity index (χ1) is 3.97. The molecule has 0 N–H and O–H groups in total. The maximum atomic E-state index is 5.80. The van der Waals surface area contributed by atoms with E-state index in [1.165, 1.54) is 0 Å². The molecule has 0 atom stereocenters. The summed E-state index contributed by atoms with van der Waals surface area (Å²) in [4.78, 5) is 0. The standard InChI is InChI=1S/C4H11ClP.C3H9P.Au/c1-6(2,3,4)5;1-4(2)3;/h1H2,2-4H3;1-3H3;/q-1;;+1. The van der Waals surface area contributed by atoms with Gasteiger partial charge in [0, 0.05) is 0 Å². The van der Waals surface area contributed by atoms with Gasteiger partial charge >= 0.3 is 66.2 Å². The topological polar surface area (TPSA) is 0 Å². The van der Waals surface area contributed by atoms with Crippen molar-refractivity contribution in [3.63, 3.8) is 0 Å². The molecule has 0 aliphatic carbocycles. The van der Waals surface area contributed by atoms with E-state index in [0.29, 0.717) is 7.92 Å². The summed E-state index contributed by atoms with van der Waals surface area (Å²) >= 11 is 5.80. The molecule has 0 nitrogen and oxygen atoms in total. The Kier molecular flexibility index (Phi) is 10.8. The van der Waals surface area contributed by atoms with Crippen LogP contribution in [0.2, 0.25) is 0 Å². The van der Waals surface area contributed by atoms with Gasteiger partial charge in [-0.25, -0.2) is 0 Å². The average molecular weight is 399 g/mol. The molecule has 76 valence electrons. The summed E-state index contributed by atoms with van der Waals surface area (Å²) in [6.45, 7) is 16.5. The van der Waals surface area contributed by atoms with E-state index in [1.807, 2.05) is 20.0 Å². The van der Waals surface area contributed by atoms with E-state index in [2.05, 4.69) is 26.7 Å². The molecule has 0 saturated carbocycles. The van der Waals surface area contributed by atoms with E-state index in [0.717, 1.165) is 0 Å². The van der Waals surface area contributed by atoms with Crippen molar-refractivity contribution in [2.45, 2.75) is 0 Å². The van der Waals surface area contributed by atoms with Crippen LogP contribution in [0.4, 0.5) is 0 Å². The van der Waals surface area contributed by atoms with Gasteiger partial charge in [-0.3, -0.25) is 0 Å². The molecule has 0 aliphatic heterocycles. The monoisotopic (exact) mass is 398 g/mol. The van der Waals surface area contributed by atoms with Gasteiger partial charge in [0.2, 0.25) is 0 Å². The van der Waals surface area contributed by atoms with Crippen LogP contribution in [0.3, 0.4) is 0 Å². The maximum absolute atomic E-state index is 5.80. The van der Waals surface area contributed by atoms with Gasteiger partial charge in [-0.2, -0.15) is 0 Å². The molecule has 0 aromatic heterocycles. The Hall–Kier alpha value is 1.89. The van der Waals surface area contributed by atoms with Crippen molar-refractivity contribution in [2.24, 2.45) is 0 Å².